The molecule has 112 valence electrons. The van der Waals surface area contributed by atoms with Crippen LogP contribution in [0.25, 0.3) is 0 Å². The van der Waals surface area contributed by atoms with Crippen LogP contribution < -0.4 is 14.8 Å². The summed E-state index contributed by atoms with van der Waals surface area (Å²) in [5.74, 6) is 1.31. The van der Waals surface area contributed by atoms with Gasteiger partial charge in [-0.2, -0.15) is 0 Å². The molecule has 0 heterocycles. The molecule has 0 saturated heterocycles. The number of ether oxygens (including phenoxy) is 2. The third kappa shape index (κ3) is 5.08. The molecule has 0 aliphatic heterocycles. The SMILES string of the molecule is CNCc1ccccc1OCCCOc1ccc(F)cc1. The van der Waals surface area contributed by atoms with E-state index < -0.39 is 0 Å². The minimum atomic E-state index is -0.258. The van der Waals surface area contributed by atoms with Crippen LogP contribution in [0.5, 0.6) is 11.5 Å². The Labute approximate surface area is 124 Å². The van der Waals surface area contributed by atoms with Crippen molar-refractivity contribution in [3.05, 3.63) is 59.9 Å². The van der Waals surface area contributed by atoms with E-state index >= 15 is 0 Å². The lowest BCUT2D eigenvalue weighted by molar-refractivity contribution is 0.246. The summed E-state index contributed by atoms with van der Waals surface area (Å²) in [5, 5.41) is 3.12. The maximum Gasteiger partial charge on any atom is 0.123 e. The smallest absolute Gasteiger partial charge is 0.123 e. The summed E-state index contributed by atoms with van der Waals surface area (Å²) in [5.41, 5.74) is 1.14. The van der Waals surface area contributed by atoms with Crippen molar-refractivity contribution in [2.75, 3.05) is 20.3 Å². The van der Waals surface area contributed by atoms with Gasteiger partial charge in [0.2, 0.25) is 0 Å². The Bertz CT molecular complexity index is 543. The molecule has 2 rings (SSSR count). The zero-order chi connectivity index (χ0) is 14.9. The molecule has 21 heavy (non-hydrogen) atoms. The van der Waals surface area contributed by atoms with Crippen LogP contribution >= 0.6 is 0 Å². The Morgan fingerprint density at radius 2 is 1.67 bits per heavy atom. The number of rotatable bonds is 8. The number of benzene rings is 2. The lowest BCUT2D eigenvalue weighted by Crippen LogP contribution is -2.09. The normalized spacial score (nSPS) is 10.4. The van der Waals surface area contributed by atoms with E-state index in [0.29, 0.717) is 19.0 Å². The van der Waals surface area contributed by atoms with E-state index in [0.717, 1.165) is 24.3 Å². The van der Waals surface area contributed by atoms with Gasteiger partial charge in [0.25, 0.3) is 0 Å². The number of para-hydroxylation sites is 1. The summed E-state index contributed by atoms with van der Waals surface area (Å²) in [6.45, 7) is 1.91. The summed E-state index contributed by atoms with van der Waals surface area (Å²) >= 11 is 0. The molecule has 0 unspecified atom stereocenters. The Morgan fingerprint density at radius 3 is 2.43 bits per heavy atom. The van der Waals surface area contributed by atoms with E-state index in [9.17, 15) is 4.39 Å². The molecule has 0 bridgehead atoms. The molecule has 2 aromatic rings. The molecule has 0 radical (unpaired) electrons. The van der Waals surface area contributed by atoms with Gasteiger partial charge in [0.15, 0.2) is 0 Å². The number of hydrogen-bond donors (Lipinski definition) is 1. The fraction of sp³-hybridized carbons (Fsp3) is 0.294. The highest BCUT2D eigenvalue weighted by molar-refractivity contribution is 5.33. The predicted molar refractivity (Wildman–Crippen MR) is 81.2 cm³/mol. The Balaban J connectivity index is 1.71. The lowest BCUT2D eigenvalue weighted by atomic mass is 10.2. The van der Waals surface area contributed by atoms with Crippen molar-refractivity contribution in [2.24, 2.45) is 0 Å². The first-order valence-electron chi connectivity index (χ1n) is 7.03. The fourth-order valence-electron chi connectivity index (χ4n) is 1.94. The summed E-state index contributed by atoms with van der Waals surface area (Å²) in [7, 11) is 1.91. The third-order valence-corrected chi connectivity index (χ3v) is 2.97. The molecular formula is C17H20FNO2. The van der Waals surface area contributed by atoms with E-state index in [1.165, 1.54) is 12.1 Å². The van der Waals surface area contributed by atoms with Crippen LogP contribution in [0.15, 0.2) is 48.5 Å². The van der Waals surface area contributed by atoms with E-state index in [1.54, 1.807) is 12.1 Å². The third-order valence-electron chi connectivity index (χ3n) is 2.97. The second-order valence-corrected chi connectivity index (χ2v) is 4.64. The monoisotopic (exact) mass is 289 g/mol. The highest BCUT2D eigenvalue weighted by Gasteiger charge is 2.01. The van der Waals surface area contributed by atoms with Gasteiger partial charge < -0.3 is 14.8 Å². The molecule has 4 heteroatoms. The van der Waals surface area contributed by atoms with Crippen molar-refractivity contribution in [1.82, 2.24) is 5.32 Å². The predicted octanol–water partition coefficient (Wildman–Crippen LogP) is 3.39. The van der Waals surface area contributed by atoms with Gasteiger partial charge in [-0.1, -0.05) is 18.2 Å². The Morgan fingerprint density at radius 1 is 0.952 bits per heavy atom. The summed E-state index contributed by atoms with van der Waals surface area (Å²) < 4.78 is 24.0. The highest BCUT2D eigenvalue weighted by Crippen LogP contribution is 2.18. The summed E-state index contributed by atoms with van der Waals surface area (Å²) in [6, 6.07) is 14.0. The van der Waals surface area contributed by atoms with Gasteiger partial charge in [0.05, 0.1) is 13.2 Å². The highest BCUT2D eigenvalue weighted by atomic mass is 19.1. The van der Waals surface area contributed by atoms with Gasteiger partial charge in [-0.25, -0.2) is 4.39 Å². The van der Waals surface area contributed by atoms with Crippen LogP contribution in [0.4, 0.5) is 4.39 Å². The summed E-state index contributed by atoms with van der Waals surface area (Å²) in [6.07, 6.45) is 0.769. The van der Waals surface area contributed by atoms with Crippen LogP contribution in [-0.2, 0) is 6.54 Å². The quantitative estimate of drug-likeness (QED) is 0.756. The molecular weight excluding hydrogens is 269 g/mol. The van der Waals surface area contributed by atoms with Crippen molar-refractivity contribution in [3.63, 3.8) is 0 Å². The van der Waals surface area contributed by atoms with Gasteiger partial charge >= 0.3 is 0 Å². The molecule has 0 saturated carbocycles. The van der Waals surface area contributed by atoms with Crippen molar-refractivity contribution in [1.29, 1.82) is 0 Å². The average Bonchev–Trinajstić information content (AvgIpc) is 2.51. The number of nitrogens with one attached hydrogen (secondary N) is 1. The average molecular weight is 289 g/mol. The first-order valence-corrected chi connectivity index (χ1v) is 7.03. The molecule has 2 aromatic carbocycles. The molecule has 0 aliphatic rings. The van der Waals surface area contributed by atoms with Crippen LogP contribution in [0, 0.1) is 5.82 Å². The minimum Gasteiger partial charge on any atom is -0.493 e. The number of halogens is 1. The van der Waals surface area contributed by atoms with Crippen LogP contribution in [0.2, 0.25) is 0 Å². The van der Waals surface area contributed by atoms with E-state index in [1.807, 2.05) is 31.3 Å². The largest absolute Gasteiger partial charge is 0.493 e. The molecule has 0 aromatic heterocycles. The molecule has 3 nitrogen and oxygen atoms in total. The standard InChI is InChI=1S/C17H20FNO2/c1-19-13-14-5-2-3-6-17(14)21-12-4-11-20-16-9-7-15(18)8-10-16/h2-3,5-10,19H,4,11-13H2,1H3. The Hall–Kier alpha value is -2.07. The number of hydrogen-bond acceptors (Lipinski definition) is 3. The van der Waals surface area contributed by atoms with Gasteiger partial charge in [-0.05, 0) is 37.4 Å². The zero-order valence-corrected chi connectivity index (χ0v) is 12.1. The van der Waals surface area contributed by atoms with Crippen molar-refractivity contribution < 1.29 is 13.9 Å². The molecule has 0 atom stereocenters. The van der Waals surface area contributed by atoms with Crippen molar-refractivity contribution in [2.45, 2.75) is 13.0 Å². The van der Waals surface area contributed by atoms with Crippen molar-refractivity contribution >= 4 is 0 Å². The van der Waals surface area contributed by atoms with Gasteiger partial charge in [0, 0.05) is 18.5 Å². The fourth-order valence-corrected chi connectivity index (χ4v) is 1.94. The maximum atomic E-state index is 12.7. The van der Waals surface area contributed by atoms with Gasteiger partial charge in [0.1, 0.15) is 17.3 Å². The first kappa shape index (κ1) is 15.3. The summed E-state index contributed by atoms with van der Waals surface area (Å²) in [4.78, 5) is 0. The lowest BCUT2D eigenvalue weighted by Gasteiger charge is -2.11. The molecule has 0 amide bonds. The van der Waals surface area contributed by atoms with E-state index in [2.05, 4.69) is 5.32 Å². The maximum absolute atomic E-state index is 12.7. The molecule has 0 fully saturated rings. The first-order chi connectivity index (χ1) is 10.3. The minimum absolute atomic E-state index is 0.258. The second kappa shape index (κ2) is 8.27. The molecule has 0 aliphatic carbocycles. The van der Waals surface area contributed by atoms with Crippen LogP contribution in [0.3, 0.4) is 0 Å². The zero-order valence-electron chi connectivity index (χ0n) is 12.1. The van der Waals surface area contributed by atoms with Crippen LogP contribution in [0.1, 0.15) is 12.0 Å². The van der Waals surface area contributed by atoms with Crippen molar-refractivity contribution in [3.8, 4) is 11.5 Å². The molecule has 1 N–H and O–H groups in total. The van der Waals surface area contributed by atoms with E-state index in [4.69, 9.17) is 9.47 Å². The second-order valence-electron chi connectivity index (χ2n) is 4.64. The van der Waals surface area contributed by atoms with Crippen LogP contribution in [-0.4, -0.2) is 20.3 Å². The molecule has 0 spiro atoms. The van der Waals surface area contributed by atoms with Gasteiger partial charge in [-0.15, -0.1) is 0 Å². The van der Waals surface area contributed by atoms with E-state index in [-0.39, 0.29) is 5.82 Å². The Kier molecular flexibility index (Phi) is 6.03. The topological polar surface area (TPSA) is 30.5 Å². The van der Waals surface area contributed by atoms with Gasteiger partial charge in [-0.3, -0.25) is 0 Å².